The van der Waals surface area contributed by atoms with Crippen molar-refractivity contribution in [2.75, 3.05) is 31.1 Å². The predicted octanol–water partition coefficient (Wildman–Crippen LogP) is 4.02. The molecule has 28 heavy (non-hydrogen) atoms. The molecule has 0 atom stereocenters. The monoisotopic (exact) mass is 390 g/mol. The van der Waals surface area contributed by atoms with Crippen molar-refractivity contribution in [1.82, 2.24) is 4.90 Å². The molecule has 1 aliphatic heterocycles. The van der Waals surface area contributed by atoms with Crippen LogP contribution in [0.4, 0.5) is 18.9 Å². The van der Waals surface area contributed by atoms with Gasteiger partial charge in [0.25, 0.3) is 0 Å². The van der Waals surface area contributed by atoms with E-state index >= 15 is 0 Å². The normalized spacial score (nSPS) is 14.8. The van der Waals surface area contributed by atoms with Gasteiger partial charge in [0.2, 0.25) is 5.91 Å². The van der Waals surface area contributed by atoms with Crippen molar-refractivity contribution in [3.05, 3.63) is 65.7 Å². The van der Waals surface area contributed by atoms with Gasteiger partial charge in [0.05, 0.1) is 5.56 Å². The van der Waals surface area contributed by atoms with Crippen LogP contribution in [0.25, 0.3) is 0 Å². The number of carbonyl (C=O) groups is 2. The zero-order valence-corrected chi connectivity index (χ0v) is 15.3. The Hall–Kier alpha value is -2.83. The smallest absolute Gasteiger partial charge is 0.368 e. The van der Waals surface area contributed by atoms with Gasteiger partial charge in [-0.3, -0.25) is 9.59 Å². The second kappa shape index (κ2) is 8.46. The molecule has 1 aliphatic rings. The molecule has 0 bridgehead atoms. The number of Topliss-reactive ketones (excluding diaryl/α,β-unsaturated/α-hetero) is 1. The lowest BCUT2D eigenvalue weighted by atomic mass is 10.1. The Bertz CT molecular complexity index is 829. The Balaban J connectivity index is 1.51. The highest BCUT2D eigenvalue weighted by Crippen LogP contribution is 2.31. The topological polar surface area (TPSA) is 40.6 Å². The van der Waals surface area contributed by atoms with Crippen LogP contribution in [0.3, 0.4) is 0 Å². The average molecular weight is 390 g/mol. The molecule has 0 spiro atoms. The molecule has 3 rings (SSSR count). The quantitative estimate of drug-likeness (QED) is 0.724. The Morgan fingerprint density at radius 3 is 2.18 bits per heavy atom. The van der Waals surface area contributed by atoms with Crippen molar-refractivity contribution in [2.45, 2.75) is 19.0 Å². The molecule has 1 amide bonds. The summed E-state index contributed by atoms with van der Waals surface area (Å²) < 4.78 is 38.6. The van der Waals surface area contributed by atoms with Crippen LogP contribution in [0.15, 0.2) is 54.6 Å². The molecule has 1 fully saturated rings. The van der Waals surface area contributed by atoms with E-state index in [9.17, 15) is 22.8 Å². The first-order valence-electron chi connectivity index (χ1n) is 9.13. The summed E-state index contributed by atoms with van der Waals surface area (Å²) in [5.74, 6) is -0.176. The summed E-state index contributed by atoms with van der Waals surface area (Å²) in [5.41, 5.74) is 0.411. The fourth-order valence-corrected chi connectivity index (χ4v) is 3.24. The second-order valence-corrected chi connectivity index (χ2v) is 6.71. The average Bonchev–Trinajstić information content (AvgIpc) is 2.72. The van der Waals surface area contributed by atoms with Crippen molar-refractivity contribution >= 4 is 17.4 Å². The van der Waals surface area contributed by atoms with Gasteiger partial charge in [-0.15, -0.1) is 0 Å². The first-order valence-corrected chi connectivity index (χ1v) is 9.13. The number of piperazine rings is 1. The minimum Gasteiger partial charge on any atom is -0.368 e. The van der Waals surface area contributed by atoms with Crippen LogP contribution >= 0.6 is 0 Å². The van der Waals surface area contributed by atoms with E-state index in [0.29, 0.717) is 37.4 Å². The van der Waals surface area contributed by atoms with Crippen molar-refractivity contribution in [3.63, 3.8) is 0 Å². The van der Waals surface area contributed by atoms with Crippen LogP contribution in [0.2, 0.25) is 0 Å². The highest BCUT2D eigenvalue weighted by Gasteiger charge is 2.31. The van der Waals surface area contributed by atoms with E-state index in [1.165, 1.54) is 6.07 Å². The van der Waals surface area contributed by atoms with Crippen LogP contribution in [0.5, 0.6) is 0 Å². The number of alkyl halides is 3. The lowest BCUT2D eigenvalue weighted by Gasteiger charge is -2.36. The van der Waals surface area contributed by atoms with Crippen molar-refractivity contribution in [3.8, 4) is 0 Å². The second-order valence-electron chi connectivity index (χ2n) is 6.71. The van der Waals surface area contributed by atoms with Gasteiger partial charge in [-0.1, -0.05) is 36.4 Å². The highest BCUT2D eigenvalue weighted by molar-refractivity contribution is 5.97. The predicted molar refractivity (Wildman–Crippen MR) is 100 cm³/mol. The van der Waals surface area contributed by atoms with E-state index in [1.807, 2.05) is 11.0 Å². The molecule has 1 saturated heterocycles. The lowest BCUT2D eigenvalue weighted by molar-refractivity contribution is -0.137. The molecule has 0 aliphatic carbocycles. The maximum Gasteiger partial charge on any atom is 0.416 e. The number of carbonyl (C=O) groups excluding carboxylic acids is 2. The summed E-state index contributed by atoms with van der Waals surface area (Å²) in [7, 11) is 0. The van der Waals surface area contributed by atoms with Crippen LogP contribution in [-0.2, 0) is 11.0 Å². The number of hydrogen-bond acceptors (Lipinski definition) is 3. The molecule has 0 saturated carbocycles. The third-order valence-corrected chi connectivity index (χ3v) is 4.83. The molecule has 4 nitrogen and oxygen atoms in total. The summed E-state index contributed by atoms with van der Waals surface area (Å²) in [6, 6.07) is 14.1. The van der Waals surface area contributed by atoms with E-state index in [0.717, 1.165) is 12.1 Å². The van der Waals surface area contributed by atoms with Gasteiger partial charge < -0.3 is 9.80 Å². The van der Waals surface area contributed by atoms with Gasteiger partial charge in [0.15, 0.2) is 5.78 Å². The standard InChI is InChI=1S/C21H21F3N2O2/c22-21(23,24)17-7-4-8-18(15-17)25-11-13-26(14-12-25)20(28)10-9-19(27)16-5-2-1-3-6-16/h1-8,15H,9-14H2. The Labute approximate surface area is 161 Å². The van der Waals surface area contributed by atoms with E-state index in [-0.39, 0.29) is 24.5 Å². The molecule has 0 radical (unpaired) electrons. The third kappa shape index (κ3) is 4.91. The maximum atomic E-state index is 12.9. The molecule has 2 aromatic rings. The number of benzene rings is 2. The summed E-state index contributed by atoms with van der Waals surface area (Å²) >= 11 is 0. The number of anilines is 1. The Morgan fingerprint density at radius 2 is 1.54 bits per heavy atom. The Kier molecular flexibility index (Phi) is 6.02. The molecular weight excluding hydrogens is 369 g/mol. The number of hydrogen-bond donors (Lipinski definition) is 0. The zero-order valence-electron chi connectivity index (χ0n) is 15.3. The van der Waals surface area contributed by atoms with Gasteiger partial charge >= 0.3 is 6.18 Å². The molecule has 0 unspecified atom stereocenters. The van der Waals surface area contributed by atoms with E-state index in [2.05, 4.69) is 0 Å². The van der Waals surface area contributed by atoms with E-state index in [4.69, 9.17) is 0 Å². The molecular formula is C21H21F3N2O2. The molecule has 0 N–H and O–H groups in total. The summed E-state index contributed by atoms with van der Waals surface area (Å²) in [4.78, 5) is 28.0. The van der Waals surface area contributed by atoms with Crippen LogP contribution in [-0.4, -0.2) is 42.8 Å². The van der Waals surface area contributed by atoms with Gasteiger partial charge in [0, 0.05) is 50.3 Å². The van der Waals surface area contributed by atoms with Crippen molar-refractivity contribution in [2.24, 2.45) is 0 Å². The molecule has 7 heteroatoms. The number of ketones is 1. The van der Waals surface area contributed by atoms with E-state index in [1.54, 1.807) is 35.2 Å². The summed E-state index contributed by atoms with van der Waals surface area (Å²) in [5, 5.41) is 0. The number of nitrogens with zero attached hydrogens (tertiary/aromatic N) is 2. The first-order chi connectivity index (χ1) is 13.3. The van der Waals surface area contributed by atoms with Gasteiger partial charge in [-0.2, -0.15) is 13.2 Å². The molecule has 2 aromatic carbocycles. The highest BCUT2D eigenvalue weighted by atomic mass is 19.4. The number of halogens is 3. The lowest BCUT2D eigenvalue weighted by Crippen LogP contribution is -2.48. The first kappa shape index (κ1) is 19.9. The minimum absolute atomic E-state index is 0.0726. The van der Waals surface area contributed by atoms with Gasteiger partial charge in [-0.05, 0) is 18.2 Å². The minimum atomic E-state index is -4.38. The van der Waals surface area contributed by atoms with Crippen LogP contribution in [0.1, 0.15) is 28.8 Å². The zero-order chi connectivity index (χ0) is 20.1. The largest absolute Gasteiger partial charge is 0.416 e. The number of amides is 1. The maximum absolute atomic E-state index is 12.9. The summed E-state index contributed by atoms with van der Waals surface area (Å²) in [6.07, 6.45) is -4.09. The van der Waals surface area contributed by atoms with E-state index < -0.39 is 11.7 Å². The molecule has 1 heterocycles. The van der Waals surface area contributed by atoms with Crippen molar-refractivity contribution < 1.29 is 22.8 Å². The summed E-state index contributed by atoms with van der Waals surface area (Å²) in [6.45, 7) is 1.77. The SMILES string of the molecule is O=C(CCC(=O)N1CCN(c2cccc(C(F)(F)F)c2)CC1)c1ccccc1. The fraction of sp³-hybridized carbons (Fsp3) is 0.333. The van der Waals surface area contributed by atoms with Crippen molar-refractivity contribution in [1.29, 1.82) is 0 Å². The number of rotatable bonds is 5. The third-order valence-electron chi connectivity index (χ3n) is 4.83. The van der Waals surface area contributed by atoms with Gasteiger partial charge in [-0.25, -0.2) is 0 Å². The van der Waals surface area contributed by atoms with Gasteiger partial charge in [0.1, 0.15) is 0 Å². The fourth-order valence-electron chi connectivity index (χ4n) is 3.24. The Morgan fingerprint density at radius 1 is 0.857 bits per heavy atom. The molecule has 148 valence electrons. The molecule has 0 aromatic heterocycles. The van der Waals surface area contributed by atoms with Crippen LogP contribution < -0.4 is 4.90 Å². The van der Waals surface area contributed by atoms with Crippen LogP contribution in [0, 0.1) is 0 Å².